The lowest BCUT2D eigenvalue weighted by Gasteiger charge is -2.22. The number of hydrogen-bond acceptors (Lipinski definition) is 4. The molecule has 118 valence electrons. The maximum absolute atomic E-state index is 12.5. The average molecular weight is 304 g/mol. The summed E-state index contributed by atoms with van der Waals surface area (Å²) >= 11 is 0. The zero-order chi connectivity index (χ0) is 16.0. The van der Waals surface area contributed by atoms with E-state index in [0.717, 1.165) is 18.2 Å². The van der Waals surface area contributed by atoms with E-state index in [1.165, 1.54) is 0 Å². The minimum Gasteiger partial charge on any atom is -0.352 e. The molecule has 6 nitrogen and oxygen atoms in total. The van der Waals surface area contributed by atoms with E-state index < -0.39 is 11.9 Å². The van der Waals surface area contributed by atoms with Gasteiger partial charge in [0.2, 0.25) is 5.95 Å². The summed E-state index contributed by atoms with van der Waals surface area (Å²) in [6.07, 6.45) is -3.40. The van der Waals surface area contributed by atoms with Crippen LogP contribution in [0, 0.1) is 0 Å². The Balaban J connectivity index is 2.59. The van der Waals surface area contributed by atoms with E-state index in [1.807, 2.05) is 38.0 Å². The number of aliphatic imine (C=N–C) groups is 1. The van der Waals surface area contributed by atoms with Gasteiger partial charge in [0.25, 0.3) is 0 Å². The zero-order valence-electron chi connectivity index (χ0n) is 12.4. The maximum atomic E-state index is 12.5. The van der Waals surface area contributed by atoms with Crippen LogP contribution in [0.1, 0.15) is 5.69 Å². The van der Waals surface area contributed by atoms with Crippen LogP contribution in [-0.2, 0) is 6.18 Å². The van der Waals surface area contributed by atoms with E-state index in [4.69, 9.17) is 0 Å². The van der Waals surface area contributed by atoms with Crippen molar-refractivity contribution in [2.24, 2.45) is 4.99 Å². The molecule has 0 aliphatic heterocycles. The largest absolute Gasteiger partial charge is 0.433 e. The van der Waals surface area contributed by atoms with Crippen molar-refractivity contribution >= 4 is 11.9 Å². The third-order valence-electron chi connectivity index (χ3n) is 2.39. The third kappa shape index (κ3) is 5.44. The number of hydrogen-bond donors (Lipinski definition) is 1. The fourth-order valence-electron chi connectivity index (χ4n) is 1.61. The SMILES string of the molecule is CN(C)C(=NCCNc1nccc(C(F)(F)F)n1)N(C)C. The minimum absolute atomic E-state index is 0.0590. The van der Waals surface area contributed by atoms with Crippen molar-refractivity contribution in [1.29, 1.82) is 0 Å². The van der Waals surface area contributed by atoms with Crippen LogP contribution in [0.25, 0.3) is 0 Å². The Kier molecular flexibility index (Phi) is 5.74. The van der Waals surface area contributed by atoms with Crippen LogP contribution < -0.4 is 5.32 Å². The van der Waals surface area contributed by atoms with Crippen molar-refractivity contribution in [3.63, 3.8) is 0 Å². The van der Waals surface area contributed by atoms with Crippen LogP contribution in [0.5, 0.6) is 0 Å². The Labute approximate surface area is 121 Å². The number of nitrogens with zero attached hydrogens (tertiary/aromatic N) is 5. The Bertz CT molecular complexity index is 474. The number of alkyl halides is 3. The molecule has 1 aromatic rings. The summed E-state index contributed by atoms with van der Waals surface area (Å²) in [5.74, 6) is 0.707. The summed E-state index contributed by atoms with van der Waals surface area (Å²) in [6.45, 7) is 0.734. The lowest BCUT2D eigenvalue weighted by Crippen LogP contribution is -2.35. The summed E-state index contributed by atoms with van der Waals surface area (Å²) < 4.78 is 37.5. The van der Waals surface area contributed by atoms with Gasteiger partial charge in [-0.2, -0.15) is 13.2 Å². The number of guanidine groups is 1. The van der Waals surface area contributed by atoms with Crippen LogP contribution in [0.2, 0.25) is 0 Å². The monoisotopic (exact) mass is 304 g/mol. The quantitative estimate of drug-likeness (QED) is 0.517. The second-order valence-electron chi connectivity index (χ2n) is 4.66. The summed E-state index contributed by atoms with van der Waals surface area (Å²) in [7, 11) is 7.45. The first-order chi connectivity index (χ1) is 9.71. The van der Waals surface area contributed by atoms with Crippen LogP contribution >= 0.6 is 0 Å². The number of halogens is 3. The molecule has 9 heteroatoms. The molecule has 0 bridgehead atoms. The number of anilines is 1. The molecule has 1 heterocycles. The highest BCUT2D eigenvalue weighted by molar-refractivity contribution is 5.79. The molecule has 21 heavy (non-hydrogen) atoms. The molecule has 1 aromatic heterocycles. The van der Waals surface area contributed by atoms with Crippen molar-refractivity contribution in [2.45, 2.75) is 6.18 Å². The molecule has 0 saturated heterocycles. The molecule has 0 spiro atoms. The molecule has 0 fully saturated rings. The van der Waals surface area contributed by atoms with Gasteiger partial charge >= 0.3 is 6.18 Å². The van der Waals surface area contributed by atoms with Crippen molar-refractivity contribution in [3.05, 3.63) is 18.0 Å². The van der Waals surface area contributed by atoms with Gasteiger partial charge < -0.3 is 15.1 Å². The van der Waals surface area contributed by atoms with Crippen LogP contribution in [0.15, 0.2) is 17.3 Å². The normalized spacial score (nSPS) is 11.0. The van der Waals surface area contributed by atoms with Crippen molar-refractivity contribution in [1.82, 2.24) is 19.8 Å². The van der Waals surface area contributed by atoms with E-state index in [1.54, 1.807) is 0 Å². The van der Waals surface area contributed by atoms with Gasteiger partial charge in [-0.15, -0.1) is 0 Å². The second kappa shape index (κ2) is 7.09. The standard InChI is InChI=1S/C12H19F3N6/c1-20(2)11(21(3)4)18-8-7-17-10-16-6-5-9(19-10)12(13,14)15/h5-6H,7-8H2,1-4H3,(H,16,17,19). The smallest absolute Gasteiger partial charge is 0.352 e. The van der Waals surface area contributed by atoms with Gasteiger partial charge in [-0.3, -0.25) is 4.99 Å². The van der Waals surface area contributed by atoms with E-state index in [-0.39, 0.29) is 5.95 Å². The molecule has 0 atom stereocenters. The highest BCUT2D eigenvalue weighted by Gasteiger charge is 2.32. The molecule has 0 saturated carbocycles. The molecule has 0 aliphatic carbocycles. The van der Waals surface area contributed by atoms with Crippen LogP contribution in [-0.4, -0.2) is 67.0 Å². The number of rotatable bonds is 4. The van der Waals surface area contributed by atoms with Crippen LogP contribution in [0.4, 0.5) is 19.1 Å². The van der Waals surface area contributed by atoms with E-state index in [9.17, 15) is 13.2 Å². The van der Waals surface area contributed by atoms with E-state index in [0.29, 0.717) is 13.1 Å². The summed E-state index contributed by atoms with van der Waals surface area (Å²) in [6, 6.07) is 0.833. The molecule has 0 aliphatic rings. The molecular formula is C12H19F3N6. The van der Waals surface area contributed by atoms with Crippen LogP contribution in [0.3, 0.4) is 0 Å². The summed E-state index contributed by atoms with van der Waals surface area (Å²) in [5, 5.41) is 2.72. The molecule has 0 aromatic carbocycles. The first kappa shape index (κ1) is 17.0. The van der Waals surface area contributed by atoms with Crippen molar-refractivity contribution in [2.75, 3.05) is 46.6 Å². The van der Waals surface area contributed by atoms with Gasteiger partial charge in [0.15, 0.2) is 5.96 Å². The van der Waals surface area contributed by atoms with Gasteiger partial charge in [0.05, 0.1) is 6.54 Å². The first-order valence-corrected chi connectivity index (χ1v) is 6.25. The maximum Gasteiger partial charge on any atom is 0.433 e. The lowest BCUT2D eigenvalue weighted by molar-refractivity contribution is -0.141. The minimum atomic E-state index is -4.47. The Morgan fingerprint density at radius 2 is 1.86 bits per heavy atom. The lowest BCUT2D eigenvalue weighted by atomic mass is 10.4. The molecular weight excluding hydrogens is 285 g/mol. The highest BCUT2D eigenvalue weighted by atomic mass is 19.4. The van der Waals surface area contributed by atoms with Gasteiger partial charge in [0.1, 0.15) is 5.69 Å². The first-order valence-electron chi connectivity index (χ1n) is 6.25. The van der Waals surface area contributed by atoms with Gasteiger partial charge in [0, 0.05) is 40.9 Å². The van der Waals surface area contributed by atoms with Gasteiger partial charge in [-0.1, -0.05) is 0 Å². The predicted octanol–water partition coefficient (Wildman–Crippen LogP) is 1.39. The molecule has 1 rings (SSSR count). The topological polar surface area (TPSA) is 56.6 Å². The zero-order valence-corrected chi connectivity index (χ0v) is 12.4. The van der Waals surface area contributed by atoms with E-state index >= 15 is 0 Å². The summed E-state index contributed by atoms with van der Waals surface area (Å²) in [5.41, 5.74) is -0.967. The predicted molar refractivity (Wildman–Crippen MR) is 75.2 cm³/mol. The fourth-order valence-corrected chi connectivity index (χ4v) is 1.61. The highest BCUT2D eigenvalue weighted by Crippen LogP contribution is 2.27. The van der Waals surface area contributed by atoms with Crippen molar-refractivity contribution < 1.29 is 13.2 Å². The summed E-state index contributed by atoms with van der Waals surface area (Å²) in [4.78, 5) is 15.2. The number of nitrogens with one attached hydrogen (secondary N) is 1. The Morgan fingerprint density at radius 1 is 1.24 bits per heavy atom. The third-order valence-corrected chi connectivity index (χ3v) is 2.39. The van der Waals surface area contributed by atoms with Gasteiger partial charge in [-0.05, 0) is 6.07 Å². The fraction of sp³-hybridized carbons (Fsp3) is 0.583. The number of aromatic nitrogens is 2. The molecule has 0 unspecified atom stereocenters. The van der Waals surface area contributed by atoms with Gasteiger partial charge in [-0.25, -0.2) is 9.97 Å². The van der Waals surface area contributed by atoms with Crippen molar-refractivity contribution in [3.8, 4) is 0 Å². The Morgan fingerprint density at radius 3 is 2.38 bits per heavy atom. The second-order valence-corrected chi connectivity index (χ2v) is 4.66. The Hall–Kier alpha value is -2.06. The molecule has 0 amide bonds. The molecule has 0 radical (unpaired) electrons. The van der Waals surface area contributed by atoms with E-state index in [2.05, 4.69) is 20.3 Å². The molecule has 1 N–H and O–H groups in total. The average Bonchev–Trinajstić information content (AvgIpc) is 2.37.